The maximum atomic E-state index is 5.12. The van der Waals surface area contributed by atoms with Crippen molar-refractivity contribution in [2.45, 2.75) is 12.7 Å². The highest BCUT2D eigenvalue weighted by Gasteiger charge is 2.06. The van der Waals surface area contributed by atoms with Crippen LogP contribution in [0, 0.1) is 6.92 Å². The Kier molecular flexibility index (Phi) is 3.19. The minimum absolute atomic E-state index is 0.710. The van der Waals surface area contributed by atoms with Gasteiger partial charge in [-0.3, -0.25) is 0 Å². The van der Waals surface area contributed by atoms with Gasteiger partial charge < -0.3 is 4.74 Å². The Balaban J connectivity index is 2.38. The lowest BCUT2D eigenvalue weighted by Crippen LogP contribution is -1.99. The van der Waals surface area contributed by atoms with E-state index < -0.39 is 0 Å². The van der Waals surface area contributed by atoms with Gasteiger partial charge in [-0.2, -0.15) is 17.7 Å². The molecule has 2 rings (SSSR count). The number of hydrogen-bond acceptors (Lipinski definition) is 3. The first-order valence-corrected chi connectivity index (χ1v) is 5.68. The second-order valence-corrected chi connectivity index (χ2v) is 3.84. The molecule has 0 spiro atoms. The molecule has 3 nitrogen and oxygen atoms in total. The van der Waals surface area contributed by atoms with Crippen LogP contribution in [0.2, 0.25) is 0 Å². The van der Waals surface area contributed by atoms with Gasteiger partial charge in [0.25, 0.3) is 0 Å². The van der Waals surface area contributed by atoms with E-state index in [1.54, 1.807) is 7.11 Å². The Labute approximate surface area is 100 Å². The van der Waals surface area contributed by atoms with Gasteiger partial charge in [0, 0.05) is 17.0 Å². The summed E-state index contributed by atoms with van der Waals surface area (Å²) in [4.78, 5) is 0. The van der Waals surface area contributed by atoms with E-state index in [-0.39, 0.29) is 0 Å². The predicted octanol–water partition coefficient (Wildman–Crippen LogP) is 2.62. The molecule has 0 saturated heterocycles. The molecule has 16 heavy (non-hydrogen) atoms. The van der Waals surface area contributed by atoms with Crippen LogP contribution in [0.5, 0.6) is 5.75 Å². The van der Waals surface area contributed by atoms with Crippen LogP contribution in [0.3, 0.4) is 0 Å². The summed E-state index contributed by atoms with van der Waals surface area (Å²) in [7, 11) is 1.66. The lowest BCUT2D eigenvalue weighted by atomic mass is 10.2. The molecular weight excluding hydrogens is 220 g/mol. The first-order chi connectivity index (χ1) is 7.76. The molecule has 84 valence electrons. The number of nitrogens with zero attached hydrogens (tertiary/aromatic N) is 2. The summed E-state index contributed by atoms with van der Waals surface area (Å²) in [5.74, 6) is 1.56. The molecule has 0 atom stereocenters. The van der Waals surface area contributed by atoms with Gasteiger partial charge in [0.2, 0.25) is 0 Å². The topological polar surface area (TPSA) is 27.1 Å². The number of thiol groups is 1. The van der Waals surface area contributed by atoms with Gasteiger partial charge in [-0.25, -0.2) is 4.68 Å². The number of ether oxygens (including phenoxy) is 1. The molecule has 0 fully saturated rings. The van der Waals surface area contributed by atoms with Crippen molar-refractivity contribution in [2.75, 3.05) is 7.11 Å². The first kappa shape index (κ1) is 11.1. The lowest BCUT2D eigenvalue weighted by Gasteiger charge is -2.06. The molecule has 0 N–H and O–H groups in total. The average Bonchev–Trinajstić information content (AvgIpc) is 2.70. The Morgan fingerprint density at radius 2 is 2.00 bits per heavy atom. The third-order valence-electron chi connectivity index (χ3n) is 2.60. The van der Waals surface area contributed by atoms with Gasteiger partial charge in [0.15, 0.2) is 0 Å². The number of methoxy groups -OCH3 is 1. The van der Waals surface area contributed by atoms with E-state index in [1.165, 1.54) is 0 Å². The van der Waals surface area contributed by atoms with Crippen LogP contribution in [-0.4, -0.2) is 16.9 Å². The molecule has 0 bridgehead atoms. The van der Waals surface area contributed by atoms with E-state index in [2.05, 4.69) is 17.7 Å². The predicted molar refractivity (Wildman–Crippen MR) is 67.5 cm³/mol. The molecule has 0 radical (unpaired) electrons. The van der Waals surface area contributed by atoms with E-state index in [4.69, 9.17) is 4.74 Å². The Morgan fingerprint density at radius 1 is 1.31 bits per heavy atom. The number of hydrogen-bond donors (Lipinski definition) is 1. The summed E-state index contributed by atoms with van der Waals surface area (Å²) in [5, 5.41) is 4.34. The summed E-state index contributed by atoms with van der Waals surface area (Å²) in [5.41, 5.74) is 3.31. The van der Waals surface area contributed by atoms with Gasteiger partial charge in [0.05, 0.1) is 19.0 Å². The number of aromatic nitrogens is 2. The maximum Gasteiger partial charge on any atom is 0.119 e. The normalized spacial score (nSPS) is 10.4. The highest BCUT2D eigenvalue weighted by Crippen LogP contribution is 2.18. The quantitative estimate of drug-likeness (QED) is 0.826. The molecule has 4 heteroatoms. The van der Waals surface area contributed by atoms with Crippen molar-refractivity contribution >= 4 is 12.6 Å². The first-order valence-electron chi connectivity index (χ1n) is 5.05. The summed E-state index contributed by atoms with van der Waals surface area (Å²) < 4.78 is 7.03. The van der Waals surface area contributed by atoms with Crippen molar-refractivity contribution in [3.63, 3.8) is 0 Å². The SMILES string of the molecule is COc1ccc(-n2ncc(CS)c2C)cc1. The Bertz CT molecular complexity index is 476. The van der Waals surface area contributed by atoms with Gasteiger partial charge in [-0.05, 0) is 31.2 Å². The second-order valence-electron chi connectivity index (χ2n) is 3.52. The fourth-order valence-electron chi connectivity index (χ4n) is 1.58. The van der Waals surface area contributed by atoms with E-state index >= 15 is 0 Å². The van der Waals surface area contributed by atoms with Crippen LogP contribution in [0.1, 0.15) is 11.3 Å². The van der Waals surface area contributed by atoms with Crippen LogP contribution in [-0.2, 0) is 5.75 Å². The van der Waals surface area contributed by atoms with Crippen molar-refractivity contribution in [3.05, 3.63) is 41.7 Å². The van der Waals surface area contributed by atoms with E-state index in [0.29, 0.717) is 5.75 Å². The maximum absolute atomic E-state index is 5.12. The average molecular weight is 234 g/mol. The van der Waals surface area contributed by atoms with Gasteiger partial charge in [-0.1, -0.05) is 0 Å². The number of rotatable bonds is 3. The minimum atomic E-state index is 0.710. The molecule has 0 saturated carbocycles. The zero-order chi connectivity index (χ0) is 11.5. The van der Waals surface area contributed by atoms with Crippen molar-refractivity contribution in [2.24, 2.45) is 0 Å². The fraction of sp³-hybridized carbons (Fsp3) is 0.250. The van der Waals surface area contributed by atoms with E-state index in [1.807, 2.05) is 42.1 Å². The largest absolute Gasteiger partial charge is 0.497 e. The molecule has 0 aliphatic carbocycles. The van der Waals surface area contributed by atoms with E-state index in [0.717, 1.165) is 22.7 Å². The van der Waals surface area contributed by atoms with Gasteiger partial charge in [0.1, 0.15) is 5.75 Å². The zero-order valence-electron chi connectivity index (χ0n) is 9.34. The monoisotopic (exact) mass is 234 g/mol. The van der Waals surface area contributed by atoms with Crippen molar-refractivity contribution in [3.8, 4) is 11.4 Å². The third kappa shape index (κ3) is 1.93. The summed E-state index contributed by atoms with van der Waals surface area (Å²) >= 11 is 4.26. The molecule has 0 amide bonds. The Hall–Kier alpha value is -1.42. The molecule has 0 aliphatic heterocycles. The molecular formula is C12H14N2OS. The minimum Gasteiger partial charge on any atom is -0.497 e. The lowest BCUT2D eigenvalue weighted by molar-refractivity contribution is 0.414. The highest BCUT2D eigenvalue weighted by molar-refractivity contribution is 7.79. The number of benzene rings is 1. The van der Waals surface area contributed by atoms with Crippen molar-refractivity contribution in [1.82, 2.24) is 9.78 Å². The van der Waals surface area contributed by atoms with E-state index in [9.17, 15) is 0 Å². The smallest absolute Gasteiger partial charge is 0.119 e. The molecule has 0 aliphatic rings. The van der Waals surface area contributed by atoms with Crippen LogP contribution in [0.4, 0.5) is 0 Å². The van der Waals surface area contributed by atoms with Crippen LogP contribution < -0.4 is 4.74 Å². The van der Waals surface area contributed by atoms with Crippen LogP contribution >= 0.6 is 12.6 Å². The summed E-state index contributed by atoms with van der Waals surface area (Å²) in [6, 6.07) is 7.83. The highest BCUT2D eigenvalue weighted by atomic mass is 32.1. The molecule has 1 aromatic carbocycles. The molecule has 0 unspecified atom stereocenters. The molecule has 2 aromatic rings. The molecule has 1 aromatic heterocycles. The standard InChI is InChI=1S/C12H14N2OS/c1-9-10(8-16)7-13-14(9)11-3-5-12(15-2)6-4-11/h3-7,16H,8H2,1-2H3. The van der Waals surface area contributed by atoms with Crippen LogP contribution in [0.25, 0.3) is 5.69 Å². The third-order valence-corrected chi connectivity index (χ3v) is 2.94. The second kappa shape index (κ2) is 4.61. The van der Waals surface area contributed by atoms with Crippen molar-refractivity contribution < 1.29 is 4.74 Å². The molecule has 1 heterocycles. The Morgan fingerprint density at radius 3 is 2.50 bits per heavy atom. The van der Waals surface area contributed by atoms with Crippen LogP contribution in [0.15, 0.2) is 30.5 Å². The summed E-state index contributed by atoms with van der Waals surface area (Å²) in [6.07, 6.45) is 1.85. The van der Waals surface area contributed by atoms with Crippen molar-refractivity contribution in [1.29, 1.82) is 0 Å². The summed E-state index contributed by atoms with van der Waals surface area (Å²) in [6.45, 7) is 2.04. The fourth-order valence-corrected chi connectivity index (χ4v) is 1.89. The van der Waals surface area contributed by atoms with Gasteiger partial charge in [-0.15, -0.1) is 0 Å². The van der Waals surface area contributed by atoms with Gasteiger partial charge >= 0.3 is 0 Å². The zero-order valence-corrected chi connectivity index (χ0v) is 10.2.